The fourth-order valence-electron chi connectivity index (χ4n) is 5.26. The molecular formula is C17H20ClNO3. The normalized spacial score (nSPS) is 39.0. The van der Waals surface area contributed by atoms with E-state index in [1.54, 1.807) is 18.3 Å². The summed E-state index contributed by atoms with van der Waals surface area (Å²) in [4.78, 5) is 27.3. The van der Waals surface area contributed by atoms with E-state index in [-0.39, 0.29) is 23.2 Å². The van der Waals surface area contributed by atoms with Crippen LogP contribution in [0.15, 0.2) is 18.3 Å². The van der Waals surface area contributed by atoms with Gasteiger partial charge in [-0.3, -0.25) is 9.59 Å². The van der Waals surface area contributed by atoms with Crippen LogP contribution in [-0.4, -0.2) is 28.2 Å². The maximum atomic E-state index is 12.7. The second-order valence-electron chi connectivity index (χ2n) is 7.48. The van der Waals surface area contributed by atoms with E-state index in [0.29, 0.717) is 24.0 Å². The minimum atomic E-state index is -0.443. The molecule has 4 saturated carbocycles. The number of carbonyl (C=O) groups is 2. The quantitative estimate of drug-likeness (QED) is 0.526. The van der Waals surface area contributed by atoms with Gasteiger partial charge in [-0.25, -0.2) is 0 Å². The van der Waals surface area contributed by atoms with E-state index in [1.165, 1.54) is 6.42 Å². The zero-order valence-corrected chi connectivity index (χ0v) is 13.2. The van der Waals surface area contributed by atoms with E-state index in [4.69, 9.17) is 16.3 Å². The van der Waals surface area contributed by atoms with Crippen molar-refractivity contribution in [3.63, 3.8) is 0 Å². The smallest absolute Gasteiger partial charge is 0.312 e. The standard InChI is InChI=1S/C17H20ClNO3/c18-17-7-11-4-12(8-17)6-16(5-11,10-17)15(21)22-9-14(20)13-2-1-3-19-13/h1-3,11-12,19H,4-10H2/t11-,12+,16?,17?. The van der Waals surface area contributed by atoms with Crippen molar-refractivity contribution < 1.29 is 14.3 Å². The van der Waals surface area contributed by atoms with Crippen LogP contribution in [0.25, 0.3) is 0 Å². The summed E-state index contributed by atoms with van der Waals surface area (Å²) in [5, 5.41) is 0. The number of ketones is 1. The highest BCUT2D eigenvalue weighted by atomic mass is 35.5. The van der Waals surface area contributed by atoms with Crippen molar-refractivity contribution in [2.24, 2.45) is 17.3 Å². The molecule has 5 heteroatoms. The molecule has 0 saturated heterocycles. The summed E-state index contributed by atoms with van der Waals surface area (Å²) in [6.45, 7) is -0.189. The zero-order chi connectivity index (χ0) is 15.4. The number of hydrogen-bond donors (Lipinski definition) is 1. The van der Waals surface area contributed by atoms with Crippen LogP contribution >= 0.6 is 11.6 Å². The SMILES string of the molecule is O=C(COC(=O)C12C[C@@H]3C[C@@H](CC(Cl)(C3)C1)C2)c1ccc[nH]1. The first-order valence-corrected chi connectivity index (χ1v) is 8.39. The molecule has 1 aromatic heterocycles. The van der Waals surface area contributed by atoms with Gasteiger partial charge in [-0.15, -0.1) is 11.6 Å². The van der Waals surface area contributed by atoms with Crippen LogP contribution in [-0.2, 0) is 9.53 Å². The highest BCUT2D eigenvalue weighted by Gasteiger charge is 2.60. The first-order valence-electron chi connectivity index (χ1n) is 8.01. The number of nitrogens with one attached hydrogen (secondary N) is 1. The minimum Gasteiger partial charge on any atom is -0.457 e. The van der Waals surface area contributed by atoms with E-state index >= 15 is 0 Å². The van der Waals surface area contributed by atoms with Crippen molar-refractivity contribution in [2.45, 2.75) is 43.4 Å². The monoisotopic (exact) mass is 321 g/mol. The number of esters is 1. The first kappa shape index (κ1) is 14.3. The summed E-state index contributed by atoms with van der Waals surface area (Å²) < 4.78 is 5.39. The Hall–Kier alpha value is -1.29. The molecule has 2 unspecified atom stereocenters. The molecule has 0 aliphatic heterocycles. The number of aromatic amines is 1. The van der Waals surface area contributed by atoms with E-state index in [0.717, 1.165) is 25.7 Å². The molecule has 0 radical (unpaired) electrons. The van der Waals surface area contributed by atoms with Gasteiger partial charge >= 0.3 is 5.97 Å². The van der Waals surface area contributed by atoms with Crippen LogP contribution in [0.3, 0.4) is 0 Å². The summed E-state index contributed by atoms with van der Waals surface area (Å²) >= 11 is 6.73. The molecule has 5 rings (SSSR count). The molecule has 22 heavy (non-hydrogen) atoms. The van der Waals surface area contributed by atoms with E-state index in [9.17, 15) is 9.59 Å². The van der Waals surface area contributed by atoms with Gasteiger partial charge in [0.1, 0.15) is 0 Å². The Morgan fingerprint density at radius 3 is 2.59 bits per heavy atom. The van der Waals surface area contributed by atoms with Gasteiger partial charge in [0.2, 0.25) is 5.78 Å². The molecule has 4 atom stereocenters. The predicted molar refractivity (Wildman–Crippen MR) is 81.8 cm³/mol. The molecule has 4 aliphatic carbocycles. The summed E-state index contributed by atoms with van der Waals surface area (Å²) in [6.07, 6.45) is 7.42. The van der Waals surface area contributed by atoms with E-state index < -0.39 is 5.41 Å². The maximum Gasteiger partial charge on any atom is 0.312 e. The fourth-order valence-corrected chi connectivity index (χ4v) is 5.95. The number of hydrogen-bond acceptors (Lipinski definition) is 3. The third kappa shape index (κ3) is 2.28. The Bertz CT molecular complexity index is 595. The lowest BCUT2D eigenvalue weighted by Gasteiger charge is -2.58. The van der Waals surface area contributed by atoms with Gasteiger partial charge in [-0.2, -0.15) is 0 Å². The number of H-pyrrole nitrogens is 1. The molecule has 4 nitrogen and oxygen atoms in total. The Morgan fingerprint density at radius 1 is 1.27 bits per heavy atom. The van der Waals surface area contributed by atoms with Gasteiger partial charge in [0.15, 0.2) is 6.61 Å². The van der Waals surface area contributed by atoms with Crippen molar-refractivity contribution in [2.75, 3.05) is 6.61 Å². The molecule has 1 N–H and O–H groups in total. The topological polar surface area (TPSA) is 59.2 Å². The number of rotatable bonds is 4. The van der Waals surface area contributed by atoms with E-state index in [1.807, 2.05) is 0 Å². The summed E-state index contributed by atoms with van der Waals surface area (Å²) in [7, 11) is 0. The number of Topliss-reactive ketones (excluding diaryl/α,β-unsaturated/α-hetero) is 1. The molecule has 4 bridgehead atoms. The van der Waals surface area contributed by atoms with Gasteiger partial charge in [-0.05, 0) is 62.5 Å². The molecular weight excluding hydrogens is 302 g/mol. The third-order valence-corrected chi connectivity index (χ3v) is 6.10. The van der Waals surface area contributed by atoms with Gasteiger partial charge in [0.05, 0.1) is 11.1 Å². The first-order chi connectivity index (χ1) is 10.5. The largest absolute Gasteiger partial charge is 0.457 e. The Morgan fingerprint density at radius 2 is 2.00 bits per heavy atom. The van der Waals surface area contributed by atoms with E-state index in [2.05, 4.69) is 4.98 Å². The number of alkyl halides is 1. The number of ether oxygens (including phenoxy) is 1. The maximum absolute atomic E-state index is 12.7. The van der Waals surface area contributed by atoms with Crippen LogP contribution in [0.5, 0.6) is 0 Å². The Labute approximate surface area is 134 Å². The minimum absolute atomic E-state index is 0.189. The molecule has 0 amide bonds. The van der Waals surface area contributed by atoms with Crippen LogP contribution < -0.4 is 0 Å². The number of carbonyl (C=O) groups excluding carboxylic acids is 2. The summed E-state index contributed by atoms with van der Waals surface area (Å²) in [6, 6.07) is 3.44. The van der Waals surface area contributed by atoms with Crippen molar-refractivity contribution in [1.29, 1.82) is 0 Å². The van der Waals surface area contributed by atoms with Crippen molar-refractivity contribution in [3.8, 4) is 0 Å². The van der Waals surface area contributed by atoms with Gasteiger partial charge in [-0.1, -0.05) is 0 Å². The molecule has 4 aliphatic rings. The van der Waals surface area contributed by atoms with Crippen LogP contribution in [0.4, 0.5) is 0 Å². The summed E-state index contributed by atoms with van der Waals surface area (Å²) in [5.74, 6) is 0.686. The van der Waals surface area contributed by atoms with Gasteiger partial charge in [0, 0.05) is 11.1 Å². The lowest BCUT2D eigenvalue weighted by Crippen LogP contribution is -2.56. The average molecular weight is 322 g/mol. The summed E-state index contributed by atoms with van der Waals surface area (Å²) in [5.41, 5.74) is 0.0362. The molecule has 0 aromatic carbocycles. The van der Waals surface area contributed by atoms with Gasteiger partial charge < -0.3 is 9.72 Å². The second-order valence-corrected chi connectivity index (χ2v) is 8.28. The number of aromatic nitrogens is 1. The molecule has 0 spiro atoms. The lowest BCUT2D eigenvalue weighted by atomic mass is 9.49. The predicted octanol–water partition coefficient (Wildman–Crippen LogP) is 3.32. The van der Waals surface area contributed by atoms with Crippen LogP contribution in [0.2, 0.25) is 0 Å². The molecule has 1 aromatic rings. The lowest BCUT2D eigenvalue weighted by molar-refractivity contribution is -0.168. The van der Waals surface area contributed by atoms with Crippen molar-refractivity contribution in [3.05, 3.63) is 24.0 Å². The fraction of sp³-hybridized carbons (Fsp3) is 0.647. The van der Waals surface area contributed by atoms with Gasteiger partial charge in [0.25, 0.3) is 0 Å². The molecule has 1 heterocycles. The highest BCUT2D eigenvalue weighted by Crippen LogP contribution is 2.64. The van der Waals surface area contributed by atoms with Crippen molar-refractivity contribution >= 4 is 23.4 Å². The third-order valence-electron chi connectivity index (χ3n) is 5.66. The molecule has 118 valence electrons. The zero-order valence-electron chi connectivity index (χ0n) is 12.4. The Kier molecular flexibility index (Phi) is 3.16. The van der Waals surface area contributed by atoms with Crippen LogP contribution in [0, 0.1) is 17.3 Å². The van der Waals surface area contributed by atoms with Crippen LogP contribution in [0.1, 0.15) is 49.0 Å². The highest BCUT2D eigenvalue weighted by molar-refractivity contribution is 6.24. The average Bonchev–Trinajstić information content (AvgIpc) is 2.95. The number of halogens is 1. The molecule has 4 fully saturated rings. The van der Waals surface area contributed by atoms with Crippen molar-refractivity contribution in [1.82, 2.24) is 4.98 Å². The Balaban J connectivity index is 1.45. The second kappa shape index (κ2) is 4.85.